The number of carbonyl (C=O) groups excluding carboxylic acids is 1. The van der Waals surface area contributed by atoms with E-state index in [4.69, 9.17) is 9.47 Å². The molecule has 5 aromatic rings. The Hall–Kier alpha value is -4.81. The zero-order valence-corrected chi connectivity index (χ0v) is 23.5. The first-order valence-corrected chi connectivity index (χ1v) is 14.5. The minimum Gasteiger partial charge on any atom is -0.508 e. The van der Waals surface area contributed by atoms with Gasteiger partial charge >= 0.3 is 5.97 Å². The lowest BCUT2D eigenvalue weighted by molar-refractivity contribution is 0.0735. The standard InChI is InChI=1S/C36H34N2O4/c39-29-16-13-26(14-17-29)31-19-15-28-25-30(41-36(40)27-9-3-1-4-10-27)18-20-32(28)35(31)42-34-12-6-5-11-33(34)37-21-24-38-22-7-2-8-23-38/h1,3-6,9-20,25,37,39H,2,7-8,21-24H2. The molecule has 0 atom stereocenters. The average Bonchev–Trinajstić information content (AvgIpc) is 3.03. The highest BCUT2D eigenvalue weighted by atomic mass is 16.5. The van der Waals surface area contributed by atoms with Crippen LogP contribution in [-0.4, -0.2) is 42.2 Å². The number of anilines is 1. The van der Waals surface area contributed by atoms with Crippen molar-refractivity contribution in [3.05, 3.63) is 115 Å². The molecule has 0 spiro atoms. The number of hydrogen-bond acceptors (Lipinski definition) is 6. The summed E-state index contributed by atoms with van der Waals surface area (Å²) >= 11 is 0. The monoisotopic (exact) mass is 558 g/mol. The van der Waals surface area contributed by atoms with Crippen LogP contribution in [0.25, 0.3) is 21.9 Å². The lowest BCUT2D eigenvalue weighted by atomic mass is 9.99. The van der Waals surface area contributed by atoms with E-state index >= 15 is 0 Å². The molecule has 0 aromatic heterocycles. The summed E-state index contributed by atoms with van der Waals surface area (Å²) in [7, 11) is 0. The van der Waals surface area contributed by atoms with E-state index in [1.54, 1.807) is 30.3 Å². The number of likely N-dealkylation sites (tertiary alicyclic amines) is 1. The van der Waals surface area contributed by atoms with Crippen LogP contribution >= 0.6 is 0 Å². The van der Waals surface area contributed by atoms with E-state index in [9.17, 15) is 9.90 Å². The van der Waals surface area contributed by atoms with Crippen molar-refractivity contribution in [1.82, 2.24) is 4.90 Å². The third kappa shape index (κ3) is 6.40. The molecule has 212 valence electrons. The van der Waals surface area contributed by atoms with Gasteiger partial charge < -0.3 is 24.8 Å². The molecule has 5 aromatic carbocycles. The highest BCUT2D eigenvalue weighted by Gasteiger charge is 2.17. The van der Waals surface area contributed by atoms with Crippen LogP contribution in [0.4, 0.5) is 5.69 Å². The number of para-hydroxylation sites is 2. The van der Waals surface area contributed by atoms with Crippen LogP contribution in [0.15, 0.2) is 109 Å². The van der Waals surface area contributed by atoms with Crippen LogP contribution in [-0.2, 0) is 0 Å². The smallest absolute Gasteiger partial charge is 0.343 e. The summed E-state index contributed by atoms with van der Waals surface area (Å²) in [4.78, 5) is 15.2. The fraction of sp³-hybridized carbons (Fsp3) is 0.194. The molecule has 0 aliphatic carbocycles. The second kappa shape index (κ2) is 12.8. The predicted octanol–water partition coefficient (Wildman–Crippen LogP) is 8.12. The molecule has 0 saturated carbocycles. The summed E-state index contributed by atoms with van der Waals surface area (Å²) < 4.78 is 12.4. The van der Waals surface area contributed by atoms with E-state index in [0.29, 0.717) is 17.1 Å². The fourth-order valence-corrected chi connectivity index (χ4v) is 5.40. The number of carbonyl (C=O) groups is 1. The minimum absolute atomic E-state index is 0.204. The Morgan fingerprint density at radius 2 is 1.57 bits per heavy atom. The Morgan fingerprint density at radius 1 is 0.810 bits per heavy atom. The molecule has 0 unspecified atom stereocenters. The molecule has 6 rings (SSSR count). The summed E-state index contributed by atoms with van der Waals surface area (Å²) in [5.41, 5.74) is 3.23. The van der Waals surface area contributed by atoms with Crippen LogP contribution in [0.5, 0.6) is 23.0 Å². The summed E-state index contributed by atoms with van der Waals surface area (Å²) in [5, 5.41) is 15.2. The van der Waals surface area contributed by atoms with Crippen molar-refractivity contribution in [2.75, 3.05) is 31.5 Å². The van der Waals surface area contributed by atoms with Crippen LogP contribution in [0.1, 0.15) is 29.6 Å². The van der Waals surface area contributed by atoms with Gasteiger partial charge in [-0.2, -0.15) is 0 Å². The number of nitrogens with one attached hydrogen (secondary N) is 1. The Morgan fingerprint density at radius 3 is 2.38 bits per heavy atom. The van der Waals surface area contributed by atoms with E-state index in [1.807, 2.05) is 78.9 Å². The molecule has 1 aliphatic rings. The van der Waals surface area contributed by atoms with Crippen LogP contribution in [0, 0.1) is 0 Å². The van der Waals surface area contributed by atoms with Crippen molar-refractivity contribution in [2.45, 2.75) is 19.3 Å². The maximum atomic E-state index is 12.7. The van der Waals surface area contributed by atoms with Crippen LogP contribution in [0.3, 0.4) is 0 Å². The van der Waals surface area contributed by atoms with Gasteiger partial charge in [-0.05, 0) is 97.5 Å². The molecular formula is C36H34N2O4. The Kier molecular flexibility index (Phi) is 8.33. The first-order chi connectivity index (χ1) is 20.6. The van der Waals surface area contributed by atoms with Gasteiger partial charge in [0, 0.05) is 24.0 Å². The molecule has 1 aliphatic heterocycles. The summed E-state index contributed by atoms with van der Waals surface area (Å²) in [5.74, 6) is 1.67. The highest BCUT2D eigenvalue weighted by molar-refractivity contribution is 5.97. The van der Waals surface area contributed by atoms with E-state index in [1.165, 1.54) is 19.3 Å². The molecule has 6 heteroatoms. The maximum absolute atomic E-state index is 12.7. The van der Waals surface area contributed by atoms with Crippen LogP contribution in [0.2, 0.25) is 0 Å². The number of esters is 1. The van der Waals surface area contributed by atoms with Gasteiger partial charge in [0.05, 0.1) is 11.3 Å². The molecule has 0 radical (unpaired) electrons. The van der Waals surface area contributed by atoms with Crippen molar-refractivity contribution in [2.24, 2.45) is 0 Å². The Balaban J connectivity index is 1.32. The predicted molar refractivity (Wildman–Crippen MR) is 168 cm³/mol. The number of phenolic OH excluding ortho intramolecular Hbond substituents is 1. The molecule has 1 saturated heterocycles. The van der Waals surface area contributed by atoms with E-state index in [-0.39, 0.29) is 5.75 Å². The maximum Gasteiger partial charge on any atom is 0.343 e. The third-order valence-electron chi connectivity index (χ3n) is 7.63. The van der Waals surface area contributed by atoms with E-state index in [0.717, 1.165) is 59.5 Å². The molecular weight excluding hydrogens is 524 g/mol. The minimum atomic E-state index is -0.406. The van der Waals surface area contributed by atoms with E-state index < -0.39 is 5.97 Å². The average molecular weight is 559 g/mol. The van der Waals surface area contributed by atoms with E-state index in [2.05, 4.69) is 10.2 Å². The van der Waals surface area contributed by atoms with Crippen molar-refractivity contribution in [1.29, 1.82) is 0 Å². The number of nitrogens with zero attached hydrogens (tertiary/aromatic N) is 1. The molecule has 6 nitrogen and oxygen atoms in total. The fourth-order valence-electron chi connectivity index (χ4n) is 5.40. The molecule has 1 fully saturated rings. The summed E-state index contributed by atoms with van der Waals surface area (Å²) in [6.07, 6.45) is 3.87. The number of rotatable bonds is 9. The number of benzene rings is 5. The van der Waals surface area contributed by atoms with Gasteiger partial charge in [-0.1, -0.05) is 55.0 Å². The van der Waals surface area contributed by atoms with Gasteiger partial charge in [-0.3, -0.25) is 0 Å². The zero-order valence-electron chi connectivity index (χ0n) is 23.5. The van der Waals surface area contributed by atoms with Crippen molar-refractivity contribution in [3.8, 4) is 34.1 Å². The van der Waals surface area contributed by atoms with Crippen molar-refractivity contribution in [3.63, 3.8) is 0 Å². The third-order valence-corrected chi connectivity index (χ3v) is 7.63. The van der Waals surface area contributed by atoms with Crippen molar-refractivity contribution >= 4 is 22.4 Å². The lowest BCUT2D eigenvalue weighted by Gasteiger charge is -2.26. The molecule has 0 amide bonds. The second-order valence-electron chi connectivity index (χ2n) is 10.6. The SMILES string of the molecule is O=C(Oc1ccc2c(Oc3ccccc3NCCN3CCCCC3)c(-c3ccc(O)cc3)ccc2c1)c1ccccc1. The number of phenols is 1. The first kappa shape index (κ1) is 27.4. The van der Waals surface area contributed by atoms with Gasteiger partial charge in [-0.25, -0.2) is 4.79 Å². The van der Waals surface area contributed by atoms with Crippen molar-refractivity contribution < 1.29 is 19.4 Å². The Labute approximate surface area is 246 Å². The summed E-state index contributed by atoms with van der Waals surface area (Å²) in [6, 6.07) is 33.6. The first-order valence-electron chi connectivity index (χ1n) is 14.5. The number of ether oxygens (including phenoxy) is 2. The molecule has 0 bridgehead atoms. The van der Waals surface area contributed by atoms with Crippen LogP contribution < -0.4 is 14.8 Å². The zero-order chi connectivity index (χ0) is 28.7. The molecule has 2 N–H and O–H groups in total. The highest BCUT2D eigenvalue weighted by Crippen LogP contribution is 2.42. The van der Waals surface area contributed by atoms with Gasteiger partial charge in [0.25, 0.3) is 0 Å². The number of aromatic hydroxyl groups is 1. The topological polar surface area (TPSA) is 71.0 Å². The molecule has 42 heavy (non-hydrogen) atoms. The van der Waals surface area contributed by atoms with Gasteiger partial charge in [0.1, 0.15) is 17.2 Å². The number of fused-ring (bicyclic) bond motifs is 1. The summed E-state index contributed by atoms with van der Waals surface area (Å²) in [6.45, 7) is 4.14. The largest absolute Gasteiger partial charge is 0.508 e. The number of piperidine rings is 1. The Bertz CT molecular complexity index is 1660. The lowest BCUT2D eigenvalue weighted by Crippen LogP contribution is -2.33. The quantitative estimate of drug-likeness (QED) is 0.141. The normalized spacial score (nSPS) is 13.5. The molecule has 1 heterocycles. The number of hydrogen-bond donors (Lipinski definition) is 2. The van der Waals surface area contributed by atoms with Gasteiger partial charge in [0.15, 0.2) is 5.75 Å². The second-order valence-corrected chi connectivity index (χ2v) is 10.6. The van der Waals surface area contributed by atoms with Gasteiger partial charge in [-0.15, -0.1) is 0 Å². The van der Waals surface area contributed by atoms with Gasteiger partial charge in [0.2, 0.25) is 0 Å².